The van der Waals surface area contributed by atoms with E-state index in [9.17, 15) is 40.3 Å². The quantitative estimate of drug-likeness (QED) is 0.475. The fourth-order valence-electron chi connectivity index (χ4n) is 3.34. The minimum absolute atomic E-state index is 0.249. The summed E-state index contributed by atoms with van der Waals surface area (Å²) in [6, 6.07) is 5.38. The minimum atomic E-state index is -5.13. The number of hydrogen-bond donors (Lipinski definition) is 1. The van der Waals surface area contributed by atoms with Crippen LogP contribution in [-0.4, -0.2) is 50.0 Å². The van der Waals surface area contributed by atoms with Crippen molar-refractivity contribution in [2.75, 3.05) is 10.8 Å². The van der Waals surface area contributed by atoms with Gasteiger partial charge in [-0.25, -0.2) is 17.2 Å². The summed E-state index contributed by atoms with van der Waals surface area (Å²) in [5, 5.41) is 9.71. The van der Waals surface area contributed by atoms with E-state index in [0.29, 0.717) is 16.4 Å². The molecule has 192 valence electrons. The average Bonchev–Trinajstić information content (AvgIpc) is 2.72. The van der Waals surface area contributed by atoms with E-state index in [4.69, 9.17) is 9.47 Å². The van der Waals surface area contributed by atoms with Crippen molar-refractivity contribution >= 4 is 21.7 Å². The number of halogens is 5. The van der Waals surface area contributed by atoms with Gasteiger partial charge in [-0.2, -0.15) is 13.2 Å². The Morgan fingerprint density at radius 1 is 1.14 bits per heavy atom. The van der Waals surface area contributed by atoms with Crippen LogP contribution in [0.2, 0.25) is 0 Å². The third-order valence-corrected chi connectivity index (χ3v) is 6.63. The number of esters is 1. The molecule has 0 radical (unpaired) electrons. The van der Waals surface area contributed by atoms with Gasteiger partial charge in [-0.05, 0) is 56.7 Å². The van der Waals surface area contributed by atoms with Crippen molar-refractivity contribution in [1.29, 1.82) is 0 Å². The standard InChI is InChI=1S/C22H22F5NO6S/c1-21(2,3)34-19(29)9-12-4-7-17-16(8-12)28(11-18(33-17)20(30)22(25,26)27)35(31,32)13-5-6-14(23)15(24)10-13/h4-8,10,18,20,30H,9,11H2,1-3H3. The number of sulfonamides is 1. The number of anilines is 1. The topological polar surface area (TPSA) is 93.1 Å². The third kappa shape index (κ3) is 6.01. The zero-order valence-corrected chi connectivity index (χ0v) is 19.6. The second kappa shape index (κ2) is 9.26. The summed E-state index contributed by atoms with van der Waals surface area (Å²) < 4.78 is 104. The third-order valence-electron chi connectivity index (χ3n) is 4.85. The molecule has 2 atom stereocenters. The Morgan fingerprint density at radius 3 is 2.37 bits per heavy atom. The largest absolute Gasteiger partial charge is 0.483 e. The van der Waals surface area contributed by atoms with Gasteiger partial charge < -0.3 is 14.6 Å². The highest BCUT2D eigenvalue weighted by molar-refractivity contribution is 7.92. The Morgan fingerprint density at radius 2 is 1.80 bits per heavy atom. The van der Waals surface area contributed by atoms with Crippen molar-refractivity contribution in [2.45, 2.75) is 56.1 Å². The van der Waals surface area contributed by atoms with Crippen molar-refractivity contribution < 1.29 is 49.7 Å². The first-order valence-electron chi connectivity index (χ1n) is 10.2. The number of hydrogen-bond acceptors (Lipinski definition) is 6. The highest BCUT2D eigenvalue weighted by Crippen LogP contribution is 2.40. The minimum Gasteiger partial charge on any atom is -0.483 e. The van der Waals surface area contributed by atoms with Gasteiger partial charge in [-0.15, -0.1) is 0 Å². The zero-order chi connectivity index (χ0) is 26.3. The number of benzene rings is 2. The summed E-state index contributed by atoms with van der Waals surface area (Å²) in [6.07, 6.45) is -10.5. The predicted octanol–water partition coefficient (Wildman–Crippen LogP) is 3.73. The molecule has 1 heterocycles. The van der Waals surface area contributed by atoms with Crippen LogP contribution >= 0.6 is 0 Å². The number of alkyl halides is 3. The number of rotatable bonds is 5. The molecule has 0 amide bonds. The Balaban J connectivity index is 2.07. The fraction of sp³-hybridized carbons (Fsp3) is 0.409. The molecule has 0 aliphatic carbocycles. The maximum Gasteiger partial charge on any atom is 0.418 e. The molecule has 0 saturated heterocycles. The SMILES string of the molecule is CC(C)(C)OC(=O)Cc1ccc2c(c1)N(S(=O)(=O)c1ccc(F)c(F)c1)CC(C(O)C(F)(F)F)O2. The Bertz CT molecular complexity index is 1230. The van der Waals surface area contributed by atoms with Crippen LogP contribution in [0.15, 0.2) is 41.3 Å². The van der Waals surface area contributed by atoms with Gasteiger partial charge in [-0.1, -0.05) is 6.07 Å². The molecule has 0 bridgehead atoms. The monoisotopic (exact) mass is 523 g/mol. The Labute approximate surface area is 198 Å². The molecule has 1 aliphatic rings. The summed E-state index contributed by atoms with van der Waals surface area (Å²) in [5.41, 5.74) is -0.791. The molecule has 1 N–H and O–H groups in total. The lowest BCUT2D eigenvalue weighted by Gasteiger charge is -2.37. The molecule has 2 aromatic rings. The summed E-state index contributed by atoms with van der Waals surface area (Å²) in [5.74, 6) is -3.78. The molecule has 3 rings (SSSR count). The first-order valence-corrected chi connectivity index (χ1v) is 11.7. The molecule has 0 spiro atoms. The Hall–Kier alpha value is -2.93. The maximum absolute atomic E-state index is 13.8. The van der Waals surface area contributed by atoms with Crippen molar-refractivity contribution in [3.05, 3.63) is 53.6 Å². The number of ether oxygens (including phenoxy) is 2. The van der Waals surface area contributed by atoms with E-state index in [1.165, 1.54) is 12.1 Å². The number of carbonyl (C=O) groups is 1. The van der Waals surface area contributed by atoms with Gasteiger partial charge in [0.05, 0.1) is 23.5 Å². The first kappa shape index (κ1) is 26.7. The lowest BCUT2D eigenvalue weighted by atomic mass is 10.1. The van der Waals surface area contributed by atoms with Crippen LogP contribution in [0.25, 0.3) is 0 Å². The van der Waals surface area contributed by atoms with Crippen LogP contribution in [0.4, 0.5) is 27.6 Å². The van der Waals surface area contributed by atoms with Crippen LogP contribution in [0.5, 0.6) is 5.75 Å². The van der Waals surface area contributed by atoms with E-state index in [1.807, 2.05) is 0 Å². The normalized spacial score (nSPS) is 17.4. The molecule has 0 aromatic heterocycles. The number of carbonyl (C=O) groups excluding carboxylic acids is 1. The summed E-state index contributed by atoms with van der Waals surface area (Å²) in [4.78, 5) is 11.5. The number of aliphatic hydroxyl groups excluding tert-OH is 1. The van der Waals surface area contributed by atoms with Crippen LogP contribution in [0.1, 0.15) is 26.3 Å². The summed E-state index contributed by atoms with van der Waals surface area (Å²) >= 11 is 0. The second-order valence-electron chi connectivity index (χ2n) is 8.82. The van der Waals surface area contributed by atoms with E-state index in [0.717, 1.165) is 12.1 Å². The van der Waals surface area contributed by atoms with Gasteiger partial charge in [0.15, 0.2) is 23.8 Å². The molecule has 13 heteroatoms. The molecule has 2 unspecified atom stereocenters. The molecule has 35 heavy (non-hydrogen) atoms. The molecule has 1 aliphatic heterocycles. The Kier molecular flexibility index (Phi) is 7.06. The van der Waals surface area contributed by atoms with Crippen LogP contribution in [0, 0.1) is 11.6 Å². The average molecular weight is 523 g/mol. The molecule has 7 nitrogen and oxygen atoms in total. The molecule has 0 saturated carbocycles. The lowest BCUT2D eigenvalue weighted by molar-refractivity contribution is -0.225. The molecular weight excluding hydrogens is 501 g/mol. The summed E-state index contributed by atoms with van der Waals surface area (Å²) in [6.45, 7) is 3.94. The van der Waals surface area contributed by atoms with Crippen molar-refractivity contribution in [3.63, 3.8) is 0 Å². The number of fused-ring (bicyclic) bond motifs is 1. The number of nitrogens with zero attached hydrogens (tertiary/aromatic N) is 1. The van der Waals surface area contributed by atoms with Crippen LogP contribution in [-0.2, 0) is 26.0 Å². The van der Waals surface area contributed by atoms with E-state index < -0.39 is 63.1 Å². The van der Waals surface area contributed by atoms with Crippen molar-refractivity contribution in [2.24, 2.45) is 0 Å². The van der Waals surface area contributed by atoms with E-state index >= 15 is 0 Å². The second-order valence-corrected chi connectivity index (χ2v) is 10.7. The fourth-order valence-corrected chi connectivity index (χ4v) is 4.83. The first-order chi connectivity index (χ1) is 16.0. The van der Waals surface area contributed by atoms with Crippen LogP contribution < -0.4 is 9.04 Å². The van der Waals surface area contributed by atoms with E-state index in [-0.39, 0.29) is 23.4 Å². The van der Waals surface area contributed by atoms with Crippen LogP contribution in [0.3, 0.4) is 0 Å². The van der Waals surface area contributed by atoms with Crippen molar-refractivity contribution in [3.8, 4) is 5.75 Å². The smallest absolute Gasteiger partial charge is 0.418 e. The van der Waals surface area contributed by atoms with E-state index in [2.05, 4.69) is 0 Å². The highest BCUT2D eigenvalue weighted by atomic mass is 32.2. The molecule has 2 aromatic carbocycles. The van der Waals surface area contributed by atoms with Gasteiger partial charge in [0.2, 0.25) is 0 Å². The van der Waals surface area contributed by atoms with E-state index in [1.54, 1.807) is 20.8 Å². The summed E-state index contributed by atoms with van der Waals surface area (Å²) in [7, 11) is -4.75. The zero-order valence-electron chi connectivity index (χ0n) is 18.8. The van der Waals surface area contributed by atoms with Gasteiger partial charge in [0.25, 0.3) is 10.0 Å². The predicted molar refractivity (Wildman–Crippen MR) is 113 cm³/mol. The lowest BCUT2D eigenvalue weighted by Crippen LogP contribution is -2.53. The van der Waals surface area contributed by atoms with Gasteiger partial charge in [0.1, 0.15) is 11.4 Å². The highest BCUT2D eigenvalue weighted by Gasteiger charge is 2.48. The molecular formula is C22H22F5NO6S. The maximum atomic E-state index is 13.8. The molecule has 0 fully saturated rings. The van der Waals surface area contributed by atoms with Gasteiger partial charge >= 0.3 is 12.1 Å². The van der Waals surface area contributed by atoms with Gasteiger partial charge in [0, 0.05) is 0 Å². The van der Waals surface area contributed by atoms with Gasteiger partial charge in [-0.3, -0.25) is 9.10 Å². The van der Waals surface area contributed by atoms with Crippen molar-refractivity contribution in [1.82, 2.24) is 0 Å². The number of aliphatic hydroxyl groups is 1.